The van der Waals surface area contributed by atoms with Gasteiger partial charge in [-0.05, 0) is 138 Å². The first-order valence-electron chi connectivity index (χ1n) is 24.6. The predicted octanol–water partition coefficient (Wildman–Crippen LogP) is 12.4. The molecule has 1 atom stereocenters. The molecule has 0 bridgehead atoms. The highest BCUT2D eigenvalue weighted by Gasteiger charge is 2.33. The summed E-state index contributed by atoms with van der Waals surface area (Å²) in [5.41, 5.74) is 8.81. The Balaban J connectivity index is 0.000000166. The van der Waals surface area contributed by atoms with E-state index >= 15 is 0 Å². The number of fused-ring (bicyclic) bond motifs is 2. The fraction of sp³-hybridized carbons (Fsp3) is 0.357. The standard InChI is InChI=1S/C29H27N5O3.C27H29N3O5/c1-17-28(32-14-13-31-17)37-23-11-12-24-25(16-30)27(34(22-9-10-22)26(24)15-23)20-5-7-21(8-6-20)33-29(35)36-18(2)19-3-4-19;1-17(2)34-27(31)29-19-8-6-18(7-9-19)26-24(13-28)23-11-10-21(35-22-14-32-16-33-15-22)12-25(23)30(26)20-4-3-5-20/h5-8,11-15,18-19,22H,3-4,9-10H2,1-2H3,(H,33,35);6-12,17,20,22H,3-5,14-16H2,1-2H3,(H,29,31)/t18-;/m1./s1. The second kappa shape index (κ2) is 20.8. The second-order valence-corrected chi connectivity index (χ2v) is 19.0. The zero-order valence-corrected chi connectivity index (χ0v) is 40.7. The number of benzene rings is 4. The van der Waals surface area contributed by atoms with Crippen molar-refractivity contribution < 1.29 is 38.0 Å². The normalized spacial score (nSPS) is 16.2. The Morgan fingerprint density at radius 1 is 0.681 bits per heavy atom. The van der Waals surface area contributed by atoms with Crippen LogP contribution < -0.4 is 20.1 Å². The van der Waals surface area contributed by atoms with Gasteiger partial charge in [0.05, 0.1) is 58.6 Å². The lowest BCUT2D eigenvalue weighted by molar-refractivity contribution is -0.143. The molecule has 0 spiro atoms. The number of hydrogen-bond acceptors (Lipinski definition) is 12. The molecule has 4 aromatic carbocycles. The third-order valence-corrected chi connectivity index (χ3v) is 13.4. The lowest BCUT2D eigenvalue weighted by Gasteiger charge is -2.30. The van der Waals surface area contributed by atoms with Gasteiger partial charge in [-0.25, -0.2) is 14.6 Å². The van der Waals surface area contributed by atoms with E-state index in [0.29, 0.717) is 77.8 Å². The number of anilines is 2. The molecule has 368 valence electrons. The first kappa shape index (κ1) is 47.7. The summed E-state index contributed by atoms with van der Waals surface area (Å²) in [6, 6.07) is 32.3. The molecule has 0 radical (unpaired) electrons. The molecule has 4 heterocycles. The van der Waals surface area contributed by atoms with E-state index in [1.165, 1.54) is 6.42 Å². The first-order chi connectivity index (χ1) is 35.0. The van der Waals surface area contributed by atoms with Crippen LogP contribution in [0.2, 0.25) is 0 Å². The molecular formula is C56H56N8O8. The van der Waals surface area contributed by atoms with Crippen molar-refractivity contribution >= 4 is 45.4 Å². The monoisotopic (exact) mass is 968 g/mol. The van der Waals surface area contributed by atoms with Crippen molar-refractivity contribution in [2.75, 3.05) is 30.6 Å². The number of amides is 2. The van der Waals surface area contributed by atoms with Crippen molar-refractivity contribution in [1.82, 2.24) is 19.1 Å². The highest BCUT2D eigenvalue weighted by Crippen LogP contribution is 2.47. The Morgan fingerprint density at radius 3 is 1.71 bits per heavy atom. The largest absolute Gasteiger partial charge is 0.486 e. The zero-order chi connectivity index (χ0) is 49.9. The summed E-state index contributed by atoms with van der Waals surface area (Å²) in [4.78, 5) is 32.7. The number of hydrogen-bond donors (Lipinski definition) is 2. The SMILES string of the molecule is CC(C)OC(=O)Nc1ccc(-c2c(C#N)c3ccc(OC4COCOC4)cc3n2C2CCC2)cc1.Cc1nccnc1Oc1ccc2c(C#N)c(-c3ccc(NC(=O)O[C@H](C)C4CC4)cc3)n(C3CC3)c2c1. The van der Waals surface area contributed by atoms with Gasteiger partial charge < -0.3 is 37.6 Å². The number of carbonyl (C=O) groups is 2. The van der Waals surface area contributed by atoms with Crippen molar-refractivity contribution in [3.8, 4) is 52.0 Å². The van der Waals surface area contributed by atoms with Crippen molar-refractivity contribution in [2.45, 2.75) is 103 Å². The summed E-state index contributed by atoms with van der Waals surface area (Å²) in [6.07, 6.45) is 9.52. The summed E-state index contributed by atoms with van der Waals surface area (Å²) >= 11 is 0. The van der Waals surface area contributed by atoms with Crippen molar-refractivity contribution in [2.24, 2.45) is 5.92 Å². The number of nitriles is 2. The van der Waals surface area contributed by atoms with Gasteiger partial charge in [-0.3, -0.25) is 15.6 Å². The van der Waals surface area contributed by atoms with Crippen LogP contribution in [0.15, 0.2) is 97.3 Å². The number of carbonyl (C=O) groups excluding carboxylic acids is 2. The first-order valence-corrected chi connectivity index (χ1v) is 24.6. The molecule has 16 nitrogen and oxygen atoms in total. The van der Waals surface area contributed by atoms with Gasteiger partial charge in [-0.2, -0.15) is 10.5 Å². The topological polar surface area (TPSA) is 197 Å². The molecule has 1 saturated heterocycles. The molecule has 3 aliphatic carbocycles. The van der Waals surface area contributed by atoms with Crippen LogP contribution in [0.5, 0.6) is 17.4 Å². The fourth-order valence-electron chi connectivity index (χ4n) is 9.34. The minimum absolute atomic E-state index is 0.0709. The van der Waals surface area contributed by atoms with E-state index in [2.05, 4.69) is 41.9 Å². The number of rotatable bonds is 13. The van der Waals surface area contributed by atoms with Gasteiger partial charge in [0, 0.05) is 58.8 Å². The maximum absolute atomic E-state index is 12.3. The number of aromatic nitrogens is 4. The Morgan fingerprint density at radius 2 is 1.21 bits per heavy atom. The molecule has 2 N–H and O–H groups in total. The zero-order valence-electron chi connectivity index (χ0n) is 40.7. The summed E-state index contributed by atoms with van der Waals surface area (Å²) in [5, 5.41) is 27.6. The molecule has 7 aromatic rings. The number of nitrogens with zero attached hydrogens (tertiary/aromatic N) is 6. The molecule has 16 heteroatoms. The van der Waals surface area contributed by atoms with E-state index in [1.807, 2.05) is 98.8 Å². The Labute approximate surface area is 417 Å². The van der Waals surface area contributed by atoms with E-state index in [1.54, 1.807) is 26.2 Å². The van der Waals surface area contributed by atoms with Gasteiger partial charge in [-0.1, -0.05) is 24.3 Å². The maximum Gasteiger partial charge on any atom is 0.411 e. The van der Waals surface area contributed by atoms with E-state index < -0.39 is 12.2 Å². The van der Waals surface area contributed by atoms with Crippen molar-refractivity contribution in [3.63, 3.8) is 0 Å². The van der Waals surface area contributed by atoms with Crippen LogP contribution >= 0.6 is 0 Å². The number of nitrogens with one attached hydrogen (secondary N) is 2. The Kier molecular flexibility index (Phi) is 13.8. The van der Waals surface area contributed by atoms with E-state index in [9.17, 15) is 20.1 Å². The van der Waals surface area contributed by atoms with Crippen molar-refractivity contribution in [1.29, 1.82) is 10.5 Å². The van der Waals surface area contributed by atoms with Gasteiger partial charge in [0.2, 0.25) is 5.88 Å². The number of ether oxygens (including phenoxy) is 6. The molecule has 72 heavy (non-hydrogen) atoms. The highest BCUT2D eigenvalue weighted by molar-refractivity contribution is 5.97. The lowest BCUT2D eigenvalue weighted by Crippen LogP contribution is -2.33. The van der Waals surface area contributed by atoms with Gasteiger partial charge in [0.25, 0.3) is 0 Å². The smallest absolute Gasteiger partial charge is 0.411 e. The highest BCUT2D eigenvalue weighted by atomic mass is 16.7. The quantitative estimate of drug-likeness (QED) is 0.111. The summed E-state index contributed by atoms with van der Waals surface area (Å²) in [6.45, 7) is 8.67. The van der Waals surface area contributed by atoms with Crippen LogP contribution in [0.25, 0.3) is 44.3 Å². The molecule has 11 rings (SSSR count). The molecular weight excluding hydrogens is 913 g/mol. The van der Waals surface area contributed by atoms with Crippen molar-refractivity contribution in [3.05, 3.63) is 114 Å². The maximum atomic E-state index is 12.3. The van der Waals surface area contributed by atoms with Crippen LogP contribution in [-0.4, -0.2) is 69.6 Å². The summed E-state index contributed by atoms with van der Waals surface area (Å²) in [7, 11) is 0. The average molecular weight is 969 g/mol. The van der Waals surface area contributed by atoms with Gasteiger partial charge in [0.1, 0.15) is 42.6 Å². The second-order valence-electron chi connectivity index (χ2n) is 19.0. The van der Waals surface area contributed by atoms with Crippen LogP contribution in [0.3, 0.4) is 0 Å². The van der Waals surface area contributed by atoms with E-state index in [4.69, 9.17) is 28.4 Å². The van der Waals surface area contributed by atoms with E-state index in [-0.39, 0.29) is 18.3 Å². The third-order valence-electron chi connectivity index (χ3n) is 13.4. The lowest BCUT2D eigenvalue weighted by atomic mass is 9.92. The predicted molar refractivity (Wildman–Crippen MR) is 271 cm³/mol. The van der Waals surface area contributed by atoms with Crippen LogP contribution in [0, 0.1) is 35.5 Å². The van der Waals surface area contributed by atoms with Gasteiger partial charge in [0.15, 0.2) is 0 Å². The average Bonchev–Trinajstić information content (AvgIpc) is 4.31. The van der Waals surface area contributed by atoms with Crippen LogP contribution in [-0.2, 0) is 18.9 Å². The molecule has 4 fully saturated rings. The Bertz CT molecular complexity index is 3210. The minimum atomic E-state index is -0.490. The molecule has 4 aliphatic rings. The Hall–Kier alpha value is -7.92. The summed E-state index contributed by atoms with van der Waals surface area (Å²) < 4.78 is 38.0. The van der Waals surface area contributed by atoms with E-state index in [0.717, 1.165) is 88.6 Å². The van der Waals surface area contributed by atoms with Crippen LogP contribution in [0.1, 0.15) is 94.6 Å². The minimum Gasteiger partial charge on any atom is -0.486 e. The molecule has 2 amide bonds. The number of aryl methyl sites for hydroxylation is 1. The van der Waals surface area contributed by atoms with Crippen LogP contribution in [0.4, 0.5) is 21.0 Å². The molecule has 3 saturated carbocycles. The van der Waals surface area contributed by atoms with Gasteiger partial charge >= 0.3 is 12.2 Å². The third kappa shape index (κ3) is 10.4. The fourth-order valence-corrected chi connectivity index (χ4v) is 9.34. The molecule has 1 aliphatic heterocycles. The molecule has 3 aromatic heterocycles. The van der Waals surface area contributed by atoms with Gasteiger partial charge in [-0.15, -0.1) is 0 Å². The molecule has 0 unspecified atom stereocenters. The summed E-state index contributed by atoms with van der Waals surface area (Å²) in [5.74, 6) is 2.32.